The van der Waals surface area contributed by atoms with Gasteiger partial charge in [0, 0.05) is 23.6 Å². The van der Waals surface area contributed by atoms with Crippen LogP contribution in [0.1, 0.15) is 49.0 Å². The molecule has 33 heavy (non-hydrogen) atoms. The van der Waals surface area contributed by atoms with Crippen LogP contribution in [-0.2, 0) is 22.9 Å². The van der Waals surface area contributed by atoms with Crippen molar-refractivity contribution in [2.45, 2.75) is 51.1 Å². The Labute approximate surface area is 193 Å². The van der Waals surface area contributed by atoms with Crippen LogP contribution in [0.5, 0.6) is 0 Å². The van der Waals surface area contributed by atoms with Crippen LogP contribution in [0.4, 0.5) is 4.39 Å². The third kappa shape index (κ3) is 5.23. The van der Waals surface area contributed by atoms with Gasteiger partial charge in [-0.1, -0.05) is 36.4 Å². The molecule has 0 aliphatic heterocycles. The van der Waals surface area contributed by atoms with E-state index >= 15 is 0 Å². The molecular formula is C25H28FN3O3S. The number of hydrogen-bond acceptors (Lipinski definition) is 4. The maximum absolute atomic E-state index is 14.6. The molecule has 1 aromatic heterocycles. The number of rotatable bonds is 6. The van der Waals surface area contributed by atoms with Crippen molar-refractivity contribution in [3.63, 3.8) is 0 Å². The largest absolute Gasteiger partial charge is 0.296 e. The van der Waals surface area contributed by atoms with Gasteiger partial charge in [0.1, 0.15) is 5.82 Å². The minimum atomic E-state index is -3.50. The summed E-state index contributed by atoms with van der Waals surface area (Å²) in [6.45, 7) is 3.80. The van der Waals surface area contributed by atoms with Crippen molar-refractivity contribution in [2.75, 3.05) is 6.26 Å². The van der Waals surface area contributed by atoms with Crippen LogP contribution in [0, 0.1) is 5.82 Å². The number of sulfonamides is 1. The highest BCUT2D eigenvalue weighted by atomic mass is 32.2. The van der Waals surface area contributed by atoms with Gasteiger partial charge in [0.2, 0.25) is 10.0 Å². The summed E-state index contributed by atoms with van der Waals surface area (Å²) in [6.07, 6.45) is 4.01. The van der Waals surface area contributed by atoms with Gasteiger partial charge in [-0.2, -0.15) is 0 Å². The van der Waals surface area contributed by atoms with E-state index in [1.54, 1.807) is 10.9 Å². The fourth-order valence-electron chi connectivity index (χ4n) is 4.63. The van der Waals surface area contributed by atoms with Gasteiger partial charge in [0.05, 0.1) is 18.3 Å². The summed E-state index contributed by atoms with van der Waals surface area (Å²) < 4.78 is 43.1. The summed E-state index contributed by atoms with van der Waals surface area (Å²) >= 11 is 0. The van der Waals surface area contributed by atoms with E-state index in [1.165, 1.54) is 12.1 Å². The quantitative estimate of drug-likeness (QED) is 0.595. The van der Waals surface area contributed by atoms with Crippen LogP contribution in [0.2, 0.25) is 0 Å². The number of aryl methyl sites for hydroxylation is 1. The number of fused-ring (bicyclic) bond motifs is 1. The van der Waals surface area contributed by atoms with Gasteiger partial charge in [-0.15, -0.1) is 0 Å². The zero-order chi connectivity index (χ0) is 23.8. The van der Waals surface area contributed by atoms with E-state index in [0.717, 1.165) is 17.4 Å². The van der Waals surface area contributed by atoms with E-state index in [9.17, 15) is 17.6 Å². The van der Waals surface area contributed by atoms with E-state index < -0.39 is 22.0 Å². The second-order valence-corrected chi connectivity index (χ2v) is 10.8. The Bertz CT molecular complexity index is 1320. The molecule has 1 heterocycles. The number of halogens is 1. The van der Waals surface area contributed by atoms with E-state index in [-0.39, 0.29) is 17.4 Å². The summed E-state index contributed by atoms with van der Waals surface area (Å²) in [5.41, 5.74) is 3.36. The van der Waals surface area contributed by atoms with Crippen LogP contribution in [0.25, 0.3) is 11.1 Å². The summed E-state index contributed by atoms with van der Waals surface area (Å²) in [5, 5.41) is 0. The summed E-state index contributed by atoms with van der Waals surface area (Å²) in [5.74, 6) is -0.833. The fourth-order valence-corrected chi connectivity index (χ4v) is 5.46. The van der Waals surface area contributed by atoms with Crippen molar-refractivity contribution in [1.82, 2.24) is 14.3 Å². The molecule has 4 rings (SSSR count). The Morgan fingerprint density at radius 2 is 1.88 bits per heavy atom. The lowest BCUT2D eigenvalue weighted by molar-refractivity contribution is 0.412. The molecule has 0 radical (unpaired) electrons. The molecule has 0 saturated carbocycles. The number of hydrogen-bond donors (Lipinski definition) is 1. The van der Waals surface area contributed by atoms with Crippen LogP contribution in [-0.4, -0.2) is 30.3 Å². The Kier molecular flexibility index (Phi) is 6.50. The minimum Gasteiger partial charge on any atom is -0.296 e. The van der Waals surface area contributed by atoms with E-state index in [0.29, 0.717) is 36.1 Å². The van der Waals surface area contributed by atoms with Gasteiger partial charge in [0.15, 0.2) is 0 Å². The highest BCUT2D eigenvalue weighted by Gasteiger charge is 2.35. The molecule has 2 aromatic carbocycles. The number of nitrogens with zero attached hydrogens (tertiary/aromatic N) is 2. The molecule has 2 unspecified atom stereocenters. The number of nitrogens with one attached hydrogen (secondary N) is 1. The molecule has 0 saturated heterocycles. The lowest BCUT2D eigenvalue weighted by atomic mass is 9.78. The van der Waals surface area contributed by atoms with Crippen molar-refractivity contribution in [3.8, 4) is 11.1 Å². The molecule has 0 bridgehead atoms. The molecule has 6 nitrogen and oxygen atoms in total. The van der Waals surface area contributed by atoms with Crippen LogP contribution >= 0.6 is 0 Å². The Morgan fingerprint density at radius 1 is 1.15 bits per heavy atom. The molecule has 174 valence electrons. The lowest BCUT2D eigenvalue weighted by Gasteiger charge is -2.33. The molecule has 1 aliphatic carbocycles. The minimum absolute atomic E-state index is 0.0851. The Hall–Kier alpha value is -2.84. The van der Waals surface area contributed by atoms with Gasteiger partial charge in [-0.25, -0.2) is 22.5 Å². The molecule has 1 aliphatic rings. The monoisotopic (exact) mass is 469 g/mol. The molecule has 3 aromatic rings. The Morgan fingerprint density at radius 3 is 2.55 bits per heavy atom. The second-order valence-electron chi connectivity index (χ2n) is 8.97. The van der Waals surface area contributed by atoms with E-state index in [1.807, 2.05) is 50.2 Å². The third-order valence-corrected chi connectivity index (χ3v) is 6.84. The first kappa shape index (κ1) is 23.3. The summed E-state index contributed by atoms with van der Waals surface area (Å²) in [7, 11) is -3.50. The van der Waals surface area contributed by atoms with Crippen molar-refractivity contribution >= 4 is 10.0 Å². The summed E-state index contributed by atoms with van der Waals surface area (Å²) in [4.78, 5) is 17.9. The molecule has 0 amide bonds. The van der Waals surface area contributed by atoms with Gasteiger partial charge in [0.25, 0.3) is 5.56 Å². The SMILES string of the molecule is CC(C)n1cnc2c(c1=O)C(Cc1cc(F)cc(-c3ccccc3)c1)C(NS(C)(=O)=O)CC2. The second kappa shape index (κ2) is 9.19. The fraction of sp³-hybridized carbons (Fsp3) is 0.360. The van der Waals surface area contributed by atoms with Gasteiger partial charge in [-0.3, -0.25) is 9.36 Å². The maximum Gasteiger partial charge on any atom is 0.257 e. The van der Waals surface area contributed by atoms with Crippen molar-refractivity contribution in [1.29, 1.82) is 0 Å². The average Bonchev–Trinajstić information content (AvgIpc) is 2.74. The molecule has 0 spiro atoms. The number of aromatic nitrogens is 2. The zero-order valence-corrected chi connectivity index (χ0v) is 19.8. The molecule has 2 atom stereocenters. The highest BCUT2D eigenvalue weighted by molar-refractivity contribution is 7.88. The van der Waals surface area contributed by atoms with Crippen molar-refractivity contribution < 1.29 is 12.8 Å². The average molecular weight is 470 g/mol. The zero-order valence-electron chi connectivity index (χ0n) is 19.0. The topological polar surface area (TPSA) is 81.1 Å². The number of benzene rings is 2. The van der Waals surface area contributed by atoms with E-state index in [4.69, 9.17) is 0 Å². The van der Waals surface area contributed by atoms with Crippen molar-refractivity contribution in [2.24, 2.45) is 0 Å². The van der Waals surface area contributed by atoms with E-state index in [2.05, 4.69) is 9.71 Å². The molecule has 8 heteroatoms. The first-order valence-electron chi connectivity index (χ1n) is 11.0. The van der Waals surface area contributed by atoms with Crippen LogP contribution in [0.3, 0.4) is 0 Å². The van der Waals surface area contributed by atoms with Crippen LogP contribution < -0.4 is 10.3 Å². The van der Waals surface area contributed by atoms with Gasteiger partial charge >= 0.3 is 0 Å². The van der Waals surface area contributed by atoms with Crippen molar-refractivity contribution in [3.05, 3.63) is 87.9 Å². The normalized spacial score (nSPS) is 18.3. The highest BCUT2D eigenvalue weighted by Crippen LogP contribution is 2.33. The van der Waals surface area contributed by atoms with Crippen LogP contribution in [0.15, 0.2) is 59.7 Å². The maximum atomic E-state index is 14.6. The molecular weight excluding hydrogens is 441 g/mol. The predicted octanol–water partition coefficient (Wildman–Crippen LogP) is 3.82. The lowest BCUT2D eigenvalue weighted by Crippen LogP contribution is -2.45. The molecule has 0 fully saturated rings. The van der Waals surface area contributed by atoms with Gasteiger partial charge in [-0.05, 0) is 61.9 Å². The third-order valence-electron chi connectivity index (χ3n) is 6.10. The molecule has 1 N–H and O–H groups in total. The first-order chi connectivity index (χ1) is 15.6. The standard InChI is InChI=1S/C25H28FN3O3S/c1-16(2)29-15-27-23-10-9-22(28-33(3,31)32)21(24(23)25(29)30)13-17-11-19(14-20(26)12-17)18-7-5-4-6-8-18/h4-8,11-12,14-16,21-22,28H,9-10,13H2,1-3H3. The Balaban J connectivity index is 1.81. The smallest absolute Gasteiger partial charge is 0.257 e. The summed E-state index contributed by atoms with van der Waals surface area (Å²) in [6, 6.07) is 13.8. The predicted molar refractivity (Wildman–Crippen MR) is 127 cm³/mol. The van der Waals surface area contributed by atoms with Gasteiger partial charge < -0.3 is 0 Å². The first-order valence-corrected chi connectivity index (χ1v) is 12.9.